The molecule has 1 fully saturated rings. The van der Waals surface area contributed by atoms with Gasteiger partial charge < -0.3 is 19.8 Å². The molecule has 1 saturated heterocycles. The van der Waals surface area contributed by atoms with Gasteiger partial charge in [0, 0.05) is 11.6 Å². The molecule has 2 N–H and O–H groups in total. The molecule has 2 aromatic heterocycles. The standard InChI is InChI=1S/C21H21F2N3O3/c1-13-19(20(27)26-18-7-9-24-12-21(18,22)23)16-10-15(5-6-17(16)29-13)28-11-14-4-2-3-8-25-14/h2-6,8,10,18,24H,7,9,11-12H2,1H3,(H,26,27). The molecule has 0 saturated carbocycles. The lowest BCUT2D eigenvalue weighted by molar-refractivity contribution is -0.0487. The summed E-state index contributed by atoms with van der Waals surface area (Å²) in [4.78, 5) is 17.0. The molecule has 152 valence electrons. The van der Waals surface area contributed by atoms with E-state index in [0.29, 0.717) is 29.0 Å². The van der Waals surface area contributed by atoms with Crippen LogP contribution in [0.1, 0.15) is 28.2 Å². The van der Waals surface area contributed by atoms with Gasteiger partial charge in [0.05, 0.1) is 23.8 Å². The maximum absolute atomic E-state index is 14.1. The molecular weight excluding hydrogens is 380 g/mol. The van der Waals surface area contributed by atoms with E-state index in [4.69, 9.17) is 9.15 Å². The molecule has 29 heavy (non-hydrogen) atoms. The van der Waals surface area contributed by atoms with E-state index in [1.807, 2.05) is 18.2 Å². The van der Waals surface area contributed by atoms with Crippen LogP contribution >= 0.6 is 0 Å². The summed E-state index contributed by atoms with van der Waals surface area (Å²) in [7, 11) is 0. The molecule has 3 heterocycles. The van der Waals surface area contributed by atoms with Gasteiger partial charge >= 0.3 is 0 Å². The number of halogens is 2. The Morgan fingerprint density at radius 1 is 1.38 bits per heavy atom. The summed E-state index contributed by atoms with van der Waals surface area (Å²) in [5.41, 5.74) is 1.51. The van der Waals surface area contributed by atoms with E-state index in [1.54, 1.807) is 31.3 Å². The predicted octanol–water partition coefficient (Wildman–Crippen LogP) is 3.44. The molecule has 1 atom stereocenters. The summed E-state index contributed by atoms with van der Waals surface area (Å²) in [5, 5.41) is 5.65. The van der Waals surface area contributed by atoms with Crippen molar-refractivity contribution < 1.29 is 22.7 Å². The topological polar surface area (TPSA) is 76.4 Å². The Morgan fingerprint density at radius 3 is 3.00 bits per heavy atom. The zero-order valence-electron chi connectivity index (χ0n) is 15.9. The molecular formula is C21H21F2N3O3. The number of pyridine rings is 1. The molecule has 1 aliphatic heterocycles. The van der Waals surface area contributed by atoms with Gasteiger partial charge in [-0.25, -0.2) is 8.78 Å². The summed E-state index contributed by atoms with van der Waals surface area (Å²) in [6.45, 7) is 1.89. The summed E-state index contributed by atoms with van der Waals surface area (Å²) in [6, 6.07) is 9.43. The van der Waals surface area contributed by atoms with Gasteiger partial charge in [-0.2, -0.15) is 0 Å². The first kappa shape index (κ1) is 19.3. The number of aromatic nitrogens is 1. The fourth-order valence-corrected chi connectivity index (χ4v) is 3.46. The first-order valence-electron chi connectivity index (χ1n) is 9.39. The Labute approximate surface area is 166 Å². The third kappa shape index (κ3) is 4.07. The number of hydrogen-bond donors (Lipinski definition) is 2. The van der Waals surface area contributed by atoms with E-state index >= 15 is 0 Å². The minimum absolute atomic E-state index is 0.159. The molecule has 0 bridgehead atoms. The van der Waals surface area contributed by atoms with E-state index in [9.17, 15) is 13.6 Å². The Balaban J connectivity index is 1.56. The number of ether oxygens (including phenoxy) is 1. The third-order valence-electron chi connectivity index (χ3n) is 4.96. The number of carbonyl (C=O) groups is 1. The van der Waals surface area contributed by atoms with Crippen molar-refractivity contribution in [2.75, 3.05) is 13.1 Å². The van der Waals surface area contributed by atoms with Crippen LogP contribution in [-0.2, 0) is 6.61 Å². The van der Waals surface area contributed by atoms with E-state index < -0.39 is 24.4 Å². The lowest BCUT2D eigenvalue weighted by Gasteiger charge is -2.32. The summed E-state index contributed by atoms with van der Waals surface area (Å²) in [5.74, 6) is -2.67. The number of nitrogens with one attached hydrogen (secondary N) is 2. The fraction of sp³-hybridized carbons (Fsp3) is 0.333. The van der Waals surface area contributed by atoms with Crippen molar-refractivity contribution in [3.05, 3.63) is 59.6 Å². The normalized spacial score (nSPS) is 18.5. The highest BCUT2D eigenvalue weighted by Crippen LogP contribution is 2.30. The molecule has 1 aromatic carbocycles. The number of amides is 1. The molecule has 4 rings (SSSR count). The monoisotopic (exact) mass is 401 g/mol. The molecule has 6 nitrogen and oxygen atoms in total. The van der Waals surface area contributed by atoms with Crippen molar-refractivity contribution >= 4 is 16.9 Å². The number of piperidine rings is 1. The summed E-state index contributed by atoms with van der Waals surface area (Å²) < 4.78 is 39.6. The smallest absolute Gasteiger partial charge is 0.280 e. The number of carbonyl (C=O) groups excluding carboxylic acids is 1. The quantitative estimate of drug-likeness (QED) is 0.685. The van der Waals surface area contributed by atoms with Gasteiger partial charge in [0.2, 0.25) is 0 Å². The van der Waals surface area contributed by atoms with Crippen molar-refractivity contribution in [1.82, 2.24) is 15.6 Å². The number of benzene rings is 1. The van der Waals surface area contributed by atoms with Crippen molar-refractivity contribution in [2.45, 2.75) is 31.9 Å². The number of alkyl halides is 2. The van der Waals surface area contributed by atoms with Crippen LogP contribution in [0.15, 0.2) is 47.0 Å². The number of furan rings is 1. The molecule has 8 heteroatoms. The number of aryl methyl sites for hydroxylation is 1. The first-order chi connectivity index (χ1) is 13.9. The summed E-state index contributed by atoms with van der Waals surface area (Å²) in [6.07, 6.45) is 1.84. The zero-order valence-corrected chi connectivity index (χ0v) is 15.9. The molecule has 0 radical (unpaired) electrons. The maximum Gasteiger partial charge on any atom is 0.280 e. The van der Waals surface area contributed by atoms with Gasteiger partial charge in [-0.1, -0.05) is 6.07 Å². The summed E-state index contributed by atoms with van der Waals surface area (Å²) >= 11 is 0. The van der Waals surface area contributed by atoms with Crippen molar-refractivity contribution in [3.63, 3.8) is 0 Å². The Morgan fingerprint density at radius 2 is 2.24 bits per heavy atom. The van der Waals surface area contributed by atoms with Gasteiger partial charge in [-0.15, -0.1) is 0 Å². The Hall–Kier alpha value is -3.00. The second kappa shape index (κ2) is 7.79. The van der Waals surface area contributed by atoms with Gasteiger partial charge in [0.25, 0.3) is 11.8 Å². The molecule has 0 aliphatic carbocycles. The average Bonchev–Trinajstić information content (AvgIpc) is 3.03. The number of hydrogen-bond acceptors (Lipinski definition) is 5. The van der Waals surface area contributed by atoms with Crippen molar-refractivity contribution in [1.29, 1.82) is 0 Å². The van der Waals surface area contributed by atoms with E-state index in [-0.39, 0.29) is 18.6 Å². The van der Waals surface area contributed by atoms with Crippen LogP contribution in [0.3, 0.4) is 0 Å². The lowest BCUT2D eigenvalue weighted by atomic mass is 10.0. The zero-order chi connectivity index (χ0) is 20.4. The van der Waals surface area contributed by atoms with Crippen molar-refractivity contribution in [3.8, 4) is 5.75 Å². The molecule has 3 aromatic rings. The largest absolute Gasteiger partial charge is 0.487 e. The van der Waals surface area contributed by atoms with E-state index in [1.165, 1.54) is 0 Å². The second-order valence-corrected chi connectivity index (χ2v) is 7.05. The highest BCUT2D eigenvalue weighted by atomic mass is 19.3. The minimum atomic E-state index is -3.00. The minimum Gasteiger partial charge on any atom is -0.487 e. The lowest BCUT2D eigenvalue weighted by Crippen LogP contribution is -2.57. The van der Waals surface area contributed by atoms with Gasteiger partial charge in [0.1, 0.15) is 23.7 Å². The van der Waals surface area contributed by atoms with Crippen LogP contribution in [0.4, 0.5) is 8.78 Å². The van der Waals surface area contributed by atoms with Crippen LogP contribution < -0.4 is 15.4 Å². The van der Waals surface area contributed by atoms with Crippen LogP contribution in [0.2, 0.25) is 0 Å². The van der Waals surface area contributed by atoms with Gasteiger partial charge in [0.15, 0.2) is 0 Å². The molecule has 1 aliphatic rings. The number of nitrogens with zero attached hydrogens (tertiary/aromatic N) is 1. The SMILES string of the molecule is Cc1oc2ccc(OCc3ccccn3)cc2c1C(=O)NC1CCNCC1(F)F. The second-order valence-electron chi connectivity index (χ2n) is 7.05. The van der Waals surface area contributed by atoms with Gasteiger partial charge in [-0.05, 0) is 50.2 Å². The first-order valence-corrected chi connectivity index (χ1v) is 9.39. The van der Waals surface area contributed by atoms with Crippen LogP contribution in [0.5, 0.6) is 5.75 Å². The van der Waals surface area contributed by atoms with E-state index in [2.05, 4.69) is 15.6 Å². The van der Waals surface area contributed by atoms with Gasteiger partial charge in [-0.3, -0.25) is 9.78 Å². The van der Waals surface area contributed by atoms with Crippen molar-refractivity contribution in [2.24, 2.45) is 0 Å². The van der Waals surface area contributed by atoms with Crippen LogP contribution in [0, 0.1) is 6.92 Å². The highest BCUT2D eigenvalue weighted by molar-refractivity contribution is 6.07. The molecule has 1 unspecified atom stereocenters. The maximum atomic E-state index is 14.1. The fourth-order valence-electron chi connectivity index (χ4n) is 3.46. The van der Waals surface area contributed by atoms with Crippen LogP contribution in [-0.4, -0.2) is 35.9 Å². The number of fused-ring (bicyclic) bond motifs is 1. The Bertz CT molecular complexity index is 1020. The molecule has 1 amide bonds. The Kier molecular flexibility index (Phi) is 5.19. The average molecular weight is 401 g/mol. The van der Waals surface area contributed by atoms with E-state index in [0.717, 1.165) is 5.69 Å². The highest BCUT2D eigenvalue weighted by Gasteiger charge is 2.42. The third-order valence-corrected chi connectivity index (χ3v) is 4.96. The van der Waals surface area contributed by atoms with Crippen LogP contribution in [0.25, 0.3) is 11.0 Å². The molecule has 0 spiro atoms. The predicted molar refractivity (Wildman–Crippen MR) is 103 cm³/mol. The number of rotatable bonds is 5.